The fourth-order valence-electron chi connectivity index (χ4n) is 3.00. The van der Waals surface area contributed by atoms with Crippen molar-refractivity contribution in [1.82, 2.24) is 4.90 Å². The van der Waals surface area contributed by atoms with Crippen LogP contribution in [-0.2, 0) is 16.0 Å². The van der Waals surface area contributed by atoms with E-state index >= 15 is 0 Å². The van der Waals surface area contributed by atoms with Gasteiger partial charge in [-0.05, 0) is 37.0 Å². The highest BCUT2D eigenvalue weighted by Crippen LogP contribution is 2.26. The van der Waals surface area contributed by atoms with Crippen molar-refractivity contribution in [3.63, 3.8) is 0 Å². The third-order valence-electron chi connectivity index (χ3n) is 4.06. The van der Waals surface area contributed by atoms with Crippen LogP contribution >= 0.6 is 0 Å². The largest absolute Gasteiger partial charge is 0.508 e. The highest BCUT2D eigenvalue weighted by Gasteiger charge is 2.36. The first-order chi connectivity index (χ1) is 9.61. The second-order valence-corrected chi connectivity index (χ2v) is 5.68. The molecule has 0 aromatic heterocycles. The minimum Gasteiger partial charge on any atom is -0.508 e. The Morgan fingerprint density at radius 3 is 2.50 bits per heavy atom. The molecule has 3 rings (SSSR count). The topological polar surface area (TPSA) is 75.8 Å². The third kappa shape index (κ3) is 2.78. The van der Waals surface area contributed by atoms with Gasteiger partial charge in [-0.2, -0.15) is 0 Å². The summed E-state index contributed by atoms with van der Waals surface area (Å²) in [4.78, 5) is 14.2. The Kier molecular flexibility index (Phi) is 3.63. The summed E-state index contributed by atoms with van der Waals surface area (Å²) in [6.45, 7) is 1.33. The molecule has 1 amide bonds. The molecule has 5 heteroatoms. The molecule has 2 saturated heterocycles. The van der Waals surface area contributed by atoms with Crippen molar-refractivity contribution in [2.45, 2.75) is 37.5 Å². The van der Waals surface area contributed by atoms with Crippen molar-refractivity contribution in [2.75, 3.05) is 13.1 Å². The Morgan fingerprint density at radius 2 is 1.90 bits per heavy atom. The number of nitrogens with zero attached hydrogens (tertiary/aromatic N) is 1. The van der Waals surface area contributed by atoms with Crippen LogP contribution in [0.15, 0.2) is 24.3 Å². The number of phenols is 1. The summed E-state index contributed by atoms with van der Waals surface area (Å²) < 4.78 is 5.73. The smallest absolute Gasteiger partial charge is 0.240 e. The van der Waals surface area contributed by atoms with Crippen LogP contribution in [-0.4, -0.2) is 47.3 Å². The van der Waals surface area contributed by atoms with Gasteiger partial charge in [0.15, 0.2) is 0 Å². The van der Waals surface area contributed by atoms with E-state index in [1.807, 2.05) is 4.90 Å². The van der Waals surface area contributed by atoms with E-state index in [0.717, 1.165) is 18.4 Å². The Labute approximate surface area is 118 Å². The molecular weight excluding hydrogens is 256 g/mol. The molecule has 2 fully saturated rings. The van der Waals surface area contributed by atoms with E-state index < -0.39 is 6.04 Å². The number of hydrogen-bond donors (Lipinski definition) is 2. The van der Waals surface area contributed by atoms with Gasteiger partial charge in [0.25, 0.3) is 0 Å². The first kappa shape index (κ1) is 13.4. The SMILES string of the molecule is NC(Cc1ccc(O)cc1)C(=O)N1CC2CCC(C1)O2. The molecule has 2 bridgehead atoms. The first-order valence-electron chi connectivity index (χ1n) is 7.09. The lowest BCUT2D eigenvalue weighted by atomic mass is 10.0. The van der Waals surface area contributed by atoms with Crippen LogP contribution in [0.5, 0.6) is 5.75 Å². The van der Waals surface area contributed by atoms with Crippen molar-refractivity contribution >= 4 is 5.91 Å². The van der Waals surface area contributed by atoms with Gasteiger partial charge in [0.2, 0.25) is 5.91 Å². The molecule has 2 heterocycles. The van der Waals surface area contributed by atoms with Crippen molar-refractivity contribution in [3.05, 3.63) is 29.8 Å². The lowest BCUT2D eigenvalue weighted by Gasteiger charge is -2.33. The van der Waals surface area contributed by atoms with Crippen LogP contribution in [0.4, 0.5) is 0 Å². The number of nitrogens with two attached hydrogens (primary N) is 1. The summed E-state index contributed by atoms with van der Waals surface area (Å²) in [6.07, 6.45) is 2.96. The van der Waals surface area contributed by atoms with Crippen LogP contribution in [0.2, 0.25) is 0 Å². The monoisotopic (exact) mass is 276 g/mol. The summed E-state index contributed by atoms with van der Waals surface area (Å²) in [6, 6.07) is 6.29. The average molecular weight is 276 g/mol. The molecule has 3 unspecified atom stereocenters. The maximum Gasteiger partial charge on any atom is 0.240 e. The van der Waals surface area contributed by atoms with E-state index in [1.165, 1.54) is 0 Å². The Hall–Kier alpha value is -1.59. The predicted octanol–water partition coefficient (Wildman–Crippen LogP) is 0.652. The zero-order valence-corrected chi connectivity index (χ0v) is 11.4. The average Bonchev–Trinajstić information content (AvgIpc) is 2.79. The molecule has 1 aromatic rings. The lowest BCUT2D eigenvalue weighted by molar-refractivity contribution is -0.141. The van der Waals surface area contributed by atoms with E-state index in [0.29, 0.717) is 19.5 Å². The van der Waals surface area contributed by atoms with Gasteiger partial charge in [0, 0.05) is 13.1 Å². The highest BCUT2D eigenvalue weighted by atomic mass is 16.5. The fourth-order valence-corrected chi connectivity index (χ4v) is 3.00. The number of carbonyl (C=O) groups excluding carboxylic acids is 1. The van der Waals surface area contributed by atoms with Gasteiger partial charge in [0.05, 0.1) is 18.2 Å². The number of rotatable bonds is 3. The van der Waals surface area contributed by atoms with Crippen molar-refractivity contribution in [2.24, 2.45) is 5.73 Å². The molecule has 3 N–H and O–H groups in total. The summed E-state index contributed by atoms with van der Waals surface area (Å²) >= 11 is 0. The molecule has 5 nitrogen and oxygen atoms in total. The van der Waals surface area contributed by atoms with Gasteiger partial charge in [-0.15, -0.1) is 0 Å². The Morgan fingerprint density at radius 1 is 1.30 bits per heavy atom. The zero-order valence-electron chi connectivity index (χ0n) is 11.4. The molecule has 3 atom stereocenters. The number of phenolic OH excluding ortho intramolecular Hbond substituents is 1. The van der Waals surface area contributed by atoms with Crippen molar-refractivity contribution in [3.8, 4) is 5.75 Å². The molecule has 0 aliphatic carbocycles. The summed E-state index contributed by atoms with van der Waals surface area (Å²) in [5.74, 6) is 0.219. The fraction of sp³-hybridized carbons (Fsp3) is 0.533. The van der Waals surface area contributed by atoms with Gasteiger partial charge >= 0.3 is 0 Å². The number of ether oxygens (including phenoxy) is 1. The van der Waals surface area contributed by atoms with Crippen LogP contribution in [0.1, 0.15) is 18.4 Å². The molecule has 0 spiro atoms. The zero-order chi connectivity index (χ0) is 14.1. The molecule has 108 valence electrons. The van der Waals surface area contributed by atoms with E-state index in [-0.39, 0.29) is 23.9 Å². The van der Waals surface area contributed by atoms with Gasteiger partial charge in [-0.1, -0.05) is 12.1 Å². The minimum absolute atomic E-state index is 0.00160. The maximum absolute atomic E-state index is 12.4. The number of aromatic hydroxyl groups is 1. The molecule has 0 saturated carbocycles. The summed E-state index contributed by atoms with van der Waals surface area (Å²) in [5.41, 5.74) is 6.99. The van der Waals surface area contributed by atoms with E-state index in [4.69, 9.17) is 10.5 Å². The number of benzene rings is 1. The minimum atomic E-state index is -0.531. The van der Waals surface area contributed by atoms with Crippen LogP contribution in [0, 0.1) is 0 Å². The number of morpholine rings is 1. The van der Waals surface area contributed by atoms with Crippen LogP contribution in [0.25, 0.3) is 0 Å². The van der Waals surface area contributed by atoms with Crippen molar-refractivity contribution < 1.29 is 14.6 Å². The molecule has 2 aliphatic heterocycles. The maximum atomic E-state index is 12.4. The standard InChI is InChI=1S/C15H20N2O3/c16-14(7-10-1-3-11(18)4-2-10)15(19)17-8-12-5-6-13(9-17)20-12/h1-4,12-14,18H,5-9,16H2. The quantitative estimate of drug-likeness (QED) is 0.850. The Bertz CT molecular complexity index is 476. The van der Waals surface area contributed by atoms with E-state index in [9.17, 15) is 9.90 Å². The highest BCUT2D eigenvalue weighted by molar-refractivity contribution is 5.82. The molecular formula is C15H20N2O3. The molecule has 0 radical (unpaired) electrons. The number of carbonyl (C=O) groups is 1. The normalized spacial score (nSPS) is 26.6. The summed E-state index contributed by atoms with van der Waals surface area (Å²) in [7, 11) is 0. The lowest BCUT2D eigenvalue weighted by Crippen LogP contribution is -2.52. The van der Waals surface area contributed by atoms with Crippen LogP contribution < -0.4 is 5.73 Å². The molecule has 2 aliphatic rings. The second kappa shape index (κ2) is 5.42. The number of hydrogen-bond acceptors (Lipinski definition) is 4. The van der Waals surface area contributed by atoms with Gasteiger partial charge in [-0.25, -0.2) is 0 Å². The predicted molar refractivity (Wildman–Crippen MR) is 74.3 cm³/mol. The number of fused-ring (bicyclic) bond motifs is 2. The van der Waals surface area contributed by atoms with Crippen LogP contribution in [0.3, 0.4) is 0 Å². The first-order valence-corrected chi connectivity index (χ1v) is 7.09. The second-order valence-electron chi connectivity index (χ2n) is 5.68. The summed E-state index contributed by atoms with van der Waals surface area (Å²) in [5, 5.41) is 9.25. The van der Waals surface area contributed by atoms with Gasteiger partial charge in [0.1, 0.15) is 5.75 Å². The van der Waals surface area contributed by atoms with E-state index in [2.05, 4.69) is 0 Å². The third-order valence-corrected chi connectivity index (χ3v) is 4.06. The number of amides is 1. The Balaban J connectivity index is 1.60. The molecule has 1 aromatic carbocycles. The van der Waals surface area contributed by atoms with Gasteiger partial charge in [-0.3, -0.25) is 4.79 Å². The molecule has 20 heavy (non-hydrogen) atoms. The van der Waals surface area contributed by atoms with E-state index in [1.54, 1.807) is 24.3 Å². The number of likely N-dealkylation sites (tertiary alicyclic amines) is 1. The van der Waals surface area contributed by atoms with Crippen molar-refractivity contribution in [1.29, 1.82) is 0 Å². The van der Waals surface area contributed by atoms with Gasteiger partial charge < -0.3 is 20.5 Å².